The number of hydrogen-bond donors (Lipinski definition) is 1. The molecule has 0 radical (unpaired) electrons. The van der Waals surface area contributed by atoms with E-state index in [2.05, 4.69) is 0 Å². The van der Waals surface area contributed by atoms with Gasteiger partial charge < -0.3 is 19.0 Å². The summed E-state index contributed by atoms with van der Waals surface area (Å²) >= 11 is 0. The standard InChI is InChI=1S/C23H19NO6/c1-28-15-11-9-14(10-12-15)21(25)19-20(18-8-5-13-30-18)24(23(27)22(19)26)16-6-3-4-7-17(16)29-2/h3-13,20,25H,1-2H3/b21-19-. The first kappa shape index (κ1) is 19.3. The van der Waals surface area contributed by atoms with Gasteiger partial charge in [-0.25, -0.2) is 0 Å². The van der Waals surface area contributed by atoms with Gasteiger partial charge in [-0.3, -0.25) is 14.5 Å². The van der Waals surface area contributed by atoms with Crippen LogP contribution in [0.2, 0.25) is 0 Å². The number of para-hydroxylation sites is 2. The van der Waals surface area contributed by atoms with Gasteiger partial charge in [0.25, 0.3) is 11.7 Å². The minimum absolute atomic E-state index is 0.0639. The lowest BCUT2D eigenvalue weighted by Crippen LogP contribution is -2.29. The number of benzene rings is 2. The van der Waals surface area contributed by atoms with Crippen LogP contribution in [0.25, 0.3) is 5.76 Å². The average molecular weight is 405 g/mol. The van der Waals surface area contributed by atoms with Crippen LogP contribution in [-0.2, 0) is 9.59 Å². The third-order valence-electron chi connectivity index (χ3n) is 4.97. The Labute approximate surface area is 172 Å². The molecule has 2 heterocycles. The van der Waals surface area contributed by atoms with Crippen LogP contribution >= 0.6 is 0 Å². The molecule has 1 N–H and O–H groups in total. The van der Waals surface area contributed by atoms with Gasteiger partial charge in [0.2, 0.25) is 0 Å². The lowest BCUT2D eigenvalue weighted by Gasteiger charge is -2.24. The number of nitrogens with zero attached hydrogens (tertiary/aromatic N) is 1. The largest absolute Gasteiger partial charge is 0.507 e. The number of rotatable bonds is 5. The zero-order valence-corrected chi connectivity index (χ0v) is 16.4. The molecule has 152 valence electrons. The van der Waals surface area contributed by atoms with Gasteiger partial charge in [0.15, 0.2) is 0 Å². The Morgan fingerprint density at radius 1 is 0.967 bits per heavy atom. The molecule has 1 aliphatic rings. The summed E-state index contributed by atoms with van der Waals surface area (Å²) in [7, 11) is 3.01. The zero-order valence-electron chi connectivity index (χ0n) is 16.4. The van der Waals surface area contributed by atoms with Crippen LogP contribution < -0.4 is 14.4 Å². The van der Waals surface area contributed by atoms with E-state index in [-0.39, 0.29) is 11.3 Å². The molecule has 7 nitrogen and oxygen atoms in total. The smallest absolute Gasteiger partial charge is 0.300 e. The predicted octanol–water partition coefficient (Wildman–Crippen LogP) is 3.92. The molecular weight excluding hydrogens is 386 g/mol. The van der Waals surface area contributed by atoms with Crippen LogP contribution in [0.1, 0.15) is 17.4 Å². The monoisotopic (exact) mass is 405 g/mol. The summed E-state index contributed by atoms with van der Waals surface area (Å²) in [5.41, 5.74) is 0.716. The van der Waals surface area contributed by atoms with Gasteiger partial charge in [0.1, 0.15) is 29.1 Å². The van der Waals surface area contributed by atoms with Gasteiger partial charge >= 0.3 is 0 Å². The highest BCUT2D eigenvalue weighted by Crippen LogP contribution is 2.44. The molecule has 30 heavy (non-hydrogen) atoms. The number of ketones is 1. The molecule has 0 bridgehead atoms. The van der Waals surface area contributed by atoms with Crippen LogP contribution in [0.15, 0.2) is 76.9 Å². The first-order chi connectivity index (χ1) is 14.6. The highest BCUT2D eigenvalue weighted by molar-refractivity contribution is 6.51. The molecule has 1 saturated heterocycles. The Hall–Kier alpha value is -4.00. The number of aliphatic hydroxyl groups excluding tert-OH is 1. The predicted molar refractivity (Wildman–Crippen MR) is 109 cm³/mol. The molecule has 0 saturated carbocycles. The van der Waals surface area contributed by atoms with Gasteiger partial charge in [0.05, 0.1) is 31.7 Å². The first-order valence-corrected chi connectivity index (χ1v) is 9.18. The van der Waals surface area contributed by atoms with Crippen molar-refractivity contribution in [3.8, 4) is 11.5 Å². The first-order valence-electron chi connectivity index (χ1n) is 9.18. The molecular formula is C23H19NO6. The number of amides is 1. The second kappa shape index (κ2) is 7.79. The second-order valence-corrected chi connectivity index (χ2v) is 6.58. The van der Waals surface area contributed by atoms with E-state index in [1.165, 1.54) is 25.4 Å². The van der Waals surface area contributed by atoms with Gasteiger partial charge in [-0.2, -0.15) is 0 Å². The maximum absolute atomic E-state index is 13.0. The van der Waals surface area contributed by atoms with E-state index in [4.69, 9.17) is 13.9 Å². The number of ether oxygens (including phenoxy) is 2. The lowest BCUT2D eigenvalue weighted by molar-refractivity contribution is -0.132. The van der Waals surface area contributed by atoms with Gasteiger partial charge in [-0.1, -0.05) is 12.1 Å². The van der Waals surface area contributed by atoms with Crippen LogP contribution in [0.5, 0.6) is 11.5 Å². The number of carbonyl (C=O) groups excluding carboxylic acids is 2. The van der Waals surface area contributed by atoms with E-state index in [1.54, 1.807) is 60.7 Å². The Morgan fingerprint density at radius 3 is 2.33 bits per heavy atom. The molecule has 0 aliphatic carbocycles. The summed E-state index contributed by atoms with van der Waals surface area (Å²) in [6.07, 6.45) is 1.45. The van der Waals surface area contributed by atoms with Crippen molar-refractivity contribution in [2.24, 2.45) is 0 Å². The van der Waals surface area contributed by atoms with Crippen molar-refractivity contribution >= 4 is 23.1 Å². The van der Waals surface area contributed by atoms with E-state index in [9.17, 15) is 14.7 Å². The SMILES string of the molecule is COc1ccc(/C(O)=C2/C(=O)C(=O)N(c3ccccc3OC)C2c2ccco2)cc1. The van der Waals surface area contributed by atoms with Crippen molar-refractivity contribution in [3.05, 3.63) is 83.8 Å². The Balaban J connectivity index is 1.92. The molecule has 0 spiro atoms. The lowest BCUT2D eigenvalue weighted by atomic mass is 9.99. The number of hydrogen-bond acceptors (Lipinski definition) is 6. The fraction of sp³-hybridized carbons (Fsp3) is 0.130. The Kier molecular flexibility index (Phi) is 5.02. The minimum Gasteiger partial charge on any atom is -0.507 e. The summed E-state index contributed by atoms with van der Waals surface area (Å²) in [6, 6.07) is 15.8. The molecule has 4 rings (SSSR count). The zero-order chi connectivity index (χ0) is 21.3. The van der Waals surface area contributed by atoms with E-state index in [1.807, 2.05) is 0 Å². The van der Waals surface area contributed by atoms with Crippen molar-refractivity contribution in [2.75, 3.05) is 19.1 Å². The number of methoxy groups -OCH3 is 2. The van der Waals surface area contributed by atoms with Crippen molar-refractivity contribution < 1.29 is 28.6 Å². The van der Waals surface area contributed by atoms with Crippen molar-refractivity contribution in [3.63, 3.8) is 0 Å². The number of carbonyl (C=O) groups is 2. The minimum atomic E-state index is -0.946. The van der Waals surface area contributed by atoms with E-state index in [0.717, 1.165) is 0 Å². The van der Waals surface area contributed by atoms with Gasteiger partial charge in [0, 0.05) is 5.56 Å². The average Bonchev–Trinajstić information content (AvgIpc) is 3.40. The number of furan rings is 1. The van der Waals surface area contributed by atoms with Gasteiger partial charge in [-0.05, 0) is 48.5 Å². The highest BCUT2D eigenvalue weighted by atomic mass is 16.5. The van der Waals surface area contributed by atoms with Crippen molar-refractivity contribution in [1.29, 1.82) is 0 Å². The Bertz CT molecular complexity index is 1110. The van der Waals surface area contributed by atoms with Crippen LogP contribution in [0.3, 0.4) is 0 Å². The van der Waals surface area contributed by atoms with Crippen LogP contribution in [0, 0.1) is 0 Å². The third-order valence-corrected chi connectivity index (χ3v) is 4.97. The van der Waals surface area contributed by atoms with E-state index >= 15 is 0 Å². The highest BCUT2D eigenvalue weighted by Gasteiger charge is 2.49. The topological polar surface area (TPSA) is 89.2 Å². The molecule has 1 aromatic heterocycles. The second-order valence-electron chi connectivity index (χ2n) is 6.58. The molecule has 1 aliphatic heterocycles. The number of anilines is 1. The van der Waals surface area contributed by atoms with Gasteiger partial charge in [-0.15, -0.1) is 0 Å². The summed E-state index contributed by atoms with van der Waals surface area (Å²) in [5.74, 6) is -0.527. The number of aliphatic hydroxyl groups is 1. The van der Waals surface area contributed by atoms with Crippen LogP contribution in [-0.4, -0.2) is 31.0 Å². The molecule has 3 aromatic rings. The molecule has 7 heteroatoms. The fourth-order valence-corrected chi connectivity index (χ4v) is 3.53. The maximum Gasteiger partial charge on any atom is 0.300 e. The Morgan fingerprint density at radius 2 is 1.70 bits per heavy atom. The molecule has 1 unspecified atom stereocenters. The van der Waals surface area contributed by atoms with E-state index < -0.39 is 17.7 Å². The molecule has 1 amide bonds. The number of Topliss-reactive ketones (excluding diaryl/α,β-unsaturated/α-hetero) is 1. The molecule has 1 atom stereocenters. The maximum atomic E-state index is 13.0. The summed E-state index contributed by atoms with van der Waals surface area (Å²) < 4.78 is 16.1. The fourth-order valence-electron chi connectivity index (χ4n) is 3.53. The summed E-state index contributed by atoms with van der Waals surface area (Å²) in [6.45, 7) is 0. The van der Waals surface area contributed by atoms with E-state index in [0.29, 0.717) is 28.5 Å². The van der Waals surface area contributed by atoms with Crippen LogP contribution in [0.4, 0.5) is 5.69 Å². The van der Waals surface area contributed by atoms with Crippen molar-refractivity contribution in [1.82, 2.24) is 0 Å². The molecule has 2 aromatic carbocycles. The summed E-state index contributed by atoms with van der Waals surface area (Å²) in [5, 5.41) is 11.0. The quantitative estimate of drug-likeness (QED) is 0.393. The normalized spacial score (nSPS) is 17.9. The molecule has 1 fully saturated rings. The van der Waals surface area contributed by atoms with Crippen molar-refractivity contribution in [2.45, 2.75) is 6.04 Å². The summed E-state index contributed by atoms with van der Waals surface area (Å²) in [4.78, 5) is 27.3. The third kappa shape index (κ3) is 3.10.